The van der Waals surface area contributed by atoms with Gasteiger partial charge in [0.25, 0.3) is 0 Å². The number of rotatable bonds is 6. The monoisotopic (exact) mass is 390 g/mol. The van der Waals surface area contributed by atoms with Crippen LogP contribution in [0.15, 0.2) is 4.52 Å². The number of hydrogen-bond donors (Lipinski definition) is 2. The summed E-state index contributed by atoms with van der Waals surface area (Å²) in [5.74, 6) is 1.28. The Hall–Kier alpha value is -2.05. The van der Waals surface area contributed by atoms with Crippen LogP contribution in [-0.2, 0) is 11.2 Å². The maximum Gasteiger partial charge on any atom is 0.317 e. The number of aromatic nitrogens is 1. The summed E-state index contributed by atoms with van der Waals surface area (Å²) >= 11 is 0. The van der Waals surface area contributed by atoms with E-state index in [1.54, 1.807) is 0 Å². The number of amides is 3. The van der Waals surface area contributed by atoms with Crippen molar-refractivity contribution in [2.24, 2.45) is 5.92 Å². The van der Waals surface area contributed by atoms with Crippen LogP contribution in [0, 0.1) is 19.8 Å². The Labute approximate surface area is 167 Å². The number of carbonyl (C=O) groups excluding carboxylic acids is 2. The minimum atomic E-state index is 0.0780. The van der Waals surface area contributed by atoms with Crippen LogP contribution in [0.25, 0.3) is 0 Å². The number of urea groups is 1. The molecule has 1 saturated carbocycles. The predicted octanol–water partition coefficient (Wildman–Crippen LogP) is 3.09. The summed E-state index contributed by atoms with van der Waals surface area (Å²) in [7, 11) is 0. The molecule has 2 aliphatic rings. The highest BCUT2D eigenvalue weighted by Crippen LogP contribution is 2.22. The Morgan fingerprint density at radius 1 is 1.11 bits per heavy atom. The molecular formula is C21H34N4O3. The fourth-order valence-corrected chi connectivity index (χ4v) is 4.37. The molecule has 0 aromatic carbocycles. The minimum absolute atomic E-state index is 0.0780. The normalized spacial score (nSPS) is 18.9. The van der Waals surface area contributed by atoms with Crippen LogP contribution >= 0.6 is 0 Å². The molecule has 156 valence electrons. The lowest BCUT2D eigenvalue weighted by Gasteiger charge is -2.33. The molecule has 0 spiro atoms. The molecule has 3 rings (SSSR count). The van der Waals surface area contributed by atoms with Crippen LogP contribution in [0.4, 0.5) is 4.79 Å². The average Bonchev–Trinajstić information content (AvgIpc) is 3.01. The zero-order valence-corrected chi connectivity index (χ0v) is 17.3. The van der Waals surface area contributed by atoms with E-state index < -0.39 is 0 Å². The number of nitrogens with zero attached hydrogens (tertiary/aromatic N) is 2. The molecule has 2 N–H and O–H groups in total. The SMILES string of the molecule is Cc1noc(C)c1CCNC(=O)CC1CCN(C(=O)NC2CCCCC2)CC1. The molecule has 1 saturated heterocycles. The van der Waals surface area contributed by atoms with Gasteiger partial charge in [0.05, 0.1) is 5.69 Å². The van der Waals surface area contributed by atoms with Crippen LogP contribution in [0.1, 0.15) is 68.4 Å². The zero-order valence-electron chi connectivity index (χ0n) is 17.3. The number of hydrogen-bond acceptors (Lipinski definition) is 4. The first-order chi connectivity index (χ1) is 13.5. The maximum atomic E-state index is 12.4. The standard InChI is InChI=1S/C21H34N4O3/c1-15-19(16(2)28-24-15)8-11-22-20(26)14-17-9-12-25(13-10-17)21(27)23-18-6-4-3-5-7-18/h17-18H,3-14H2,1-2H3,(H,22,26)(H,23,27). The van der Waals surface area contributed by atoms with Crippen LogP contribution < -0.4 is 10.6 Å². The number of likely N-dealkylation sites (tertiary alicyclic amines) is 1. The molecule has 1 aliphatic carbocycles. The second kappa shape index (κ2) is 9.94. The van der Waals surface area contributed by atoms with Crippen LogP contribution in [-0.4, -0.2) is 47.7 Å². The molecule has 7 nitrogen and oxygen atoms in total. The molecule has 1 aromatic heterocycles. The van der Waals surface area contributed by atoms with E-state index in [2.05, 4.69) is 15.8 Å². The van der Waals surface area contributed by atoms with E-state index in [0.717, 1.165) is 62.2 Å². The van der Waals surface area contributed by atoms with Crippen molar-refractivity contribution >= 4 is 11.9 Å². The fourth-order valence-electron chi connectivity index (χ4n) is 4.37. The molecule has 2 fully saturated rings. The molecule has 1 aromatic rings. The zero-order chi connectivity index (χ0) is 19.9. The molecule has 0 bridgehead atoms. The molecule has 0 radical (unpaired) electrons. The lowest BCUT2D eigenvalue weighted by Crippen LogP contribution is -2.48. The first-order valence-electron chi connectivity index (χ1n) is 10.8. The predicted molar refractivity (Wildman–Crippen MR) is 107 cm³/mol. The molecule has 0 unspecified atom stereocenters. The summed E-state index contributed by atoms with van der Waals surface area (Å²) in [5.41, 5.74) is 1.98. The van der Waals surface area contributed by atoms with Crippen molar-refractivity contribution in [2.45, 2.75) is 77.7 Å². The van der Waals surface area contributed by atoms with E-state index in [0.29, 0.717) is 24.9 Å². The van der Waals surface area contributed by atoms with E-state index in [4.69, 9.17) is 4.52 Å². The van der Waals surface area contributed by atoms with Gasteiger partial charge in [-0.05, 0) is 51.9 Å². The van der Waals surface area contributed by atoms with E-state index >= 15 is 0 Å². The third kappa shape index (κ3) is 5.72. The van der Waals surface area contributed by atoms with Crippen LogP contribution in [0.5, 0.6) is 0 Å². The van der Waals surface area contributed by atoms with E-state index in [-0.39, 0.29) is 11.9 Å². The maximum absolute atomic E-state index is 12.4. The number of aryl methyl sites for hydroxylation is 2. The highest BCUT2D eigenvalue weighted by molar-refractivity contribution is 5.76. The van der Waals surface area contributed by atoms with Crippen molar-refractivity contribution in [2.75, 3.05) is 19.6 Å². The van der Waals surface area contributed by atoms with E-state index in [9.17, 15) is 9.59 Å². The van der Waals surface area contributed by atoms with Gasteiger partial charge in [0, 0.05) is 37.7 Å². The van der Waals surface area contributed by atoms with Gasteiger partial charge >= 0.3 is 6.03 Å². The van der Waals surface area contributed by atoms with Crippen molar-refractivity contribution in [3.8, 4) is 0 Å². The lowest BCUT2D eigenvalue weighted by molar-refractivity contribution is -0.122. The summed E-state index contributed by atoms with van der Waals surface area (Å²) in [5, 5.41) is 10.1. The van der Waals surface area contributed by atoms with Gasteiger partial charge in [-0.1, -0.05) is 24.4 Å². The van der Waals surface area contributed by atoms with Crippen molar-refractivity contribution in [3.05, 3.63) is 17.0 Å². The Morgan fingerprint density at radius 3 is 2.46 bits per heavy atom. The smallest absolute Gasteiger partial charge is 0.317 e. The third-order valence-corrected chi connectivity index (χ3v) is 6.19. The molecule has 28 heavy (non-hydrogen) atoms. The first kappa shape index (κ1) is 20.7. The number of piperidine rings is 1. The second-order valence-electron chi connectivity index (χ2n) is 8.32. The number of carbonyl (C=O) groups is 2. The summed E-state index contributed by atoms with van der Waals surface area (Å²) in [6, 6.07) is 0.428. The highest BCUT2D eigenvalue weighted by Gasteiger charge is 2.26. The molecule has 3 amide bonds. The van der Waals surface area contributed by atoms with Gasteiger partial charge in [0.2, 0.25) is 5.91 Å². The van der Waals surface area contributed by atoms with Gasteiger partial charge in [-0.3, -0.25) is 4.79 Å². The average molecular weight is 391 g/mol. The largest absolute Gasteiger partial charge is 0.361 e. The number of nitrogens with one attached hydrogen (secondary N) is 2. The van der Waals surface area contributed by atoms with Crippen LogP contribution in [0.3, 0.4) is 0 Å². The third-order valence-electron chi connectivity index (χ3n) is 6.19. The Morgan fingerprint density at radius 2 is 1.82 bits per heavy atom. The topological polar surface area (TPSA) is 87.5 Å². The van der Waals surface area contributed by atoms with E-state index in [1.807, 2.05) is 18.7 Å². The molecule has 2 heterocycles. The summed E-state index contributed by atoms with van der Waals surface area (Å²) < 4.78 is 5.15. The van der Waals surface area contributed by atoms with Gasteiger partial charge in [-0.15, -0.1) is 0 Å². The van der Waals surface area contributed by atoms with Crippen molar-refractivity contribution in [1.82, 2.24) is 20.7 Å². The summed E-state index contributed by atoms with van der Waals surface area (Å²) in [6.07, 6.45) is 9.03. The van der Waals surface area contributed by atoms with Gasteiger partial charge in [-0.2, -0.15) is 0 Å². The molecule has 7 heteroatoms. The molecular weight excluding hydrogens is 356 g/mol. The van der Waals surface area contributed by atoms with Crippen molar-refractivity contribution in [3.63, 3.8) is 0 Å². The first-order valence-corrected chi connectivity index (χ1v) is 10.8. The summed E-state index contributed by atoms with van der Waals surface area (Å²) in [6.45, 7) is 5.91. The van der Waals surface area contributed by atoms with Crippen molar-refractivity contribution < 1.29 is 14.1 Å². The fraction of sp³-hybridized carbons (Fsp3) is 0.762. The molecule has 0 atom stereocenters. The minimum Gasteiger partial charge on any atom is -0.361 e. The molecule has 1 aliphatic heterocycles. The Bertz CT molecular complexity index is 639. The van der Waals surface area contributed by atoms with Crippen molar-refractivity contribution in [1.29, 1.82) is 0 Å². The summed E-state index contributed by atoms with van der Waals surface area (Å²) in [4.78, 5) is 26.6. The van der Waals surface area contributed by atoms with Gasteiger partial charge in [0.15, 0.2) is 0 Å². The Kier molecular flexibility index (Phi) is 7.34. The van der Waals surface area contributed by atoms with Gasteiger partial charge in [-0.25, -0.2) is 4.79 Å². The van der Waals surface area contributed by atoms with Crippen LogP contribution in [0.2, 0.25) is 0 Å². The second-order valence-corrected chi connectivity index (χ2v) is 8.32. The van der Waals surface area contributed by atoms with Gasteiger partial charge in [0.1, 0.15) is 5.76 Å². The Balaban J connectivity index is 1.32. The lowest BCUT2D eigenvalue weighted by atomic mass is 9.93. The quantitative estimate of drug-likeness (QED) is 0.781. The van der Waals surface area contributed by atoms with Gasteiger partial charge < -0.3 is 20.1 Å². The highest BCUT2D eigenvalue weighted by atomic mass is 16.5. The van der Waals surface area contributed by atoms with E-state index in [1.165, 1.54) is 19.3 Å².